The van der Waals surface area contributed by atoms with E-state index in [-0.39, 0.29) is 12.2 Å². The number of hydrogen-bond donors (Lipinski definition) is 0. The van der Waals surface area contributed by atoms with Gasteiger partial charge in [-0.25, -0.2) is 0 Å². The lowest BCUT2D eigenvalue weighted by Crippen LogP contribution is -2.06. The molecule has 0 spiro atoms. The van der Waals surface area contributed by atoms with Crippen LogP contribution in [0, 0.1) is 0 Å². The van der Waals surface area contributed by atoms with Crippen LogP contribution in [-0.2, 0) is 17.4 Å². The predicted octanol–water partition coefficient (Wildman–Crippen LogP) is 4.17. The Labute approximate surface area is 104 Å². The number of ketones is 1. The Morgan fingerprint density at radius 3 is 2.17 bits per heavy atom. The highest BCUT2D eigenvalue weighted by Gasteiger charge is 2.29. The first-order valence-corrected chi connectivity index (χ1v) is 5.61. The second-order valence-corrected chi connectivity index (χ2v) is 4.37. The Morgan fingerprint density at radius 2 is 1.72 bits per heavy atom. The number of halogens is 3. The third-order valence-corrected chi connectivity index (χ3v) is 2.51. The van der Waals surface area contributed by atoms with Crippen molar-refractivity contribution in [2.75, 3.05) is 0 Å². The molecule has 0 radical (unpaired) electrons. The first-order valence-electron chi connectivity index (χ1n) is 5.61. The minimum atomic E-state index is -4.33. The van der Waals surface area contributed by atoms with Crippen LogP contribution in [0.4, 0.5) is 13.2 Å². The average molecular weight is 256 g/mol. The molecule has 0 amide bonds. The van der Waals surface area contributed by atoms with E-state index in [9.17, 15) is 18.0 Å². The molecular formula is C14H15F3O. The van der Waals surface area contributed by atoms with E-state index in [1.165, 1.54) is 12.1 Å². The first kappa shape index (κ1) is 14.5. The molecule has 1 aromatic rings. The minimum absolute atomic E-state index is 0.0118. The maximum atomic E-state index is 12.3. The van der Waals surface area contributed by atoms with Crippen LogP contribution in [0.3, 0.4) is 0 Å². The van der Waals surface area contributed by atoms with Crippen molar-refractivity contribution in [3.8, 4) is 0 Å². The maximum Gasteiger partial charge on any atom is 0.416 e. The largest absolute Gasteiger partial charge is 0.416 e. The molecule has 1 aromatic carbocycles. The Hall–Kier alpha value is -1.58. The fraction of sp³-hybridized carbons (Fsp3) is 0.357. The van der Waals surface area contributed by atoms with Crippen molar-refractivity contribution in [2.45, 2.75) is 32.4 Å². The molecule has 0 heterocycles. The van der Waals surface area contributed by atoms with E-state index in [1.54, 1.807) is 0 Å². The quantitative estimate of drug-likeness (QED) is 0.722. The predicted molar refractivity (Wildman–Crippen MR) is 64.2 cm³/mol. The minimum Gasteiger partial charge on any atom is -0.299 e. The molecule has 0 atom stereocenters. The molecule has 4 heteroatoms. The van der Waals surface area contributed by atoms with Crippen LogP contribution < -0.4 is 0 Å². The summed E-state index contributed by atoms with van der Waals surface area (Å²) in [6.07, 6.45) is -3.15. The SMILES string of the molecule is C=C(C)CCC(=O)Cc1ccc(C(F)(F)F)cc1. The van der Waals surface area contributed by atoms with Gasteiger partial charge in [0.15, 0.2) is 0 Å². The number of carbonyl (C=O) groups is 1. The number of Topliss-reactive ketones (excluding diaryl/α,β-unsaturated/α-hetero) is 1. The zero-order valence-electron chi connectivity index (χ0n) is 10.2. The third-order valence-electron chi connectivity index (χ3n) is 2.51. The van der Waals surface area contributed by atoms with Crippen molar-refractivity contribution >= 4 is 5.78 Å². The molecular weight excluding hydrogens is 241 g/mol. The van der Waals surface area contributed by atoms with Crippen LogP contribution in [0.25, 0.3) is 0 Å². The molecule has 0 saturated heterocycles. The molecule has 0 aliphatic rings. The van der Waals surface area contributed by atoms with Gasteiger partial charge in [-0.1, -0.05) is 17.7 Å². The summed E-state index contributed by atoms with van der Waals surface area (Å²) < 4.78 is 36.9. The lowest BCUT2D eigenvalue weighted by Gasteiger charge is -2.07. The van der Waals surface area contributed by atoms with E-state index in [0.717, 1.165) is 17.7 Å². The molecule has 0 aliphatic carbocycles. The number of hydrogen-bond acceptors (Lipinski definition) is 1. The number of benzene rings is 1. The van der Waals surface area contributed by atoms with Gasteiger partial charge in [-0.15, -0.1) is 6.58 Å². The summed E-state index contributed by atoms with van der Waals surface area (Å²) in [5.41, 5.74) is 0.839. The maximum absolute atomic E-state index is 12.3. The molecule has 18 heavy (non-hydrogen) atoms. The van der Waals surface area contributed by atoms with Crippen LogP contribution in [-0.4, -0.2) is 5.78 Å². The van der Waals surface area contributed by atoms with Crippen molar-refractivity contribution in [3.63, 3.8) is 0 Å². The highest BCUT2D eigenvalue weighted by molar-refractivity contribution is 5.81. The molecule has 0 saturated carbocycles. The molecule has 0 aromatic heterocycles. The molecule has 0 fully saturated rings. The second kappa shape index (κ2) is 5.85. The van der Waals surface area contributed by atoms with E-state index < -0.39 is 11.7 Å². The molecule has 1 rings (SSSR count). The van der Waals surface area contributed by atoms with Crippen LogP contribution in [0.1, 0.15) is 30.9 Å². The van der Waals surface area contributed by atoms with Gasteiger partial charge in [0.1, 0.15) is 5.78 Å². The van der Waals surface area contributed by atoms with Gasteiger partial charge < -0.3 is 0 Å². The Balaban J connectivity index is 2.59. The van der Waals surface area contributed by atoms with Crippen LogP contribution in [0.5, 0.6) is 0 Å². The topological polar surface area (TPSA) is 17.1 Å². The summed E-state index contributed by atoms with van der Waals surface area (Å²) in [7, 11) is 0. The summed E-state index contributed by atoms with van der Waals surface area (Å²) in [6, 6.07) is 4.70. The fourth-order valence-corrected chi connectivity index (χ4v) is 1.48. The fourth-order valence-electron chi connectivity index (χ4n) is 1.48. The van der Waals surface area contributed by atoms with E-state index in [1.807, 2.05) is 6.92 Å². The summed E-state index contributed by atoms with van der Waals surface area (Å²) in [5.74, 6) is 0.0118. The van der Waals surface area contributed by atoms with Gasteiger partial charge in [-0.05, 0) is 31.0 Å². The van der Waals surface area contributed by atoms with Crippen LogP contribution >= 0.6 is 0 Å². The summed E-state index contributed by atoms with van der Waals surface area (Å²) in [5, 5.41) is 0. The highest BCUT2D eigenvalue weighted by Crippen LogP contribution is 2.29. The first-order chi connectivity index (χ1) is 8.29. The summed E-state index contributed by atoms with van der Waals surface area (Å²) >= 11 is 0. The number of alkyl halides is 3. The van der Waals surface area contributed by atoms with E-state index in [2.05, 4.69) is 6.58 Å². The van der Waals surface area contributed by atoms with Gasteiger partial charge in [-0.3, -0.25) is 4.79 Å². The number of allylic oxidation sites excluding steroid dienone is 1. The number of rotatable bonds is 5. The normalized spacial score (nSPS) is 11.3. The van der Waals surface area contributed by atoms with E-state index in [0.29, 0.717) is 18.4 Å². The zero-order chi connectivity index (χ0) is 13.8. The molecule has 0 unspecified atom stereocenters. The van der Waals surface area contributed by atoms with Crippen molar-refractivity contribution in [2.24, 2.45) is 0 Å². The zero-order valence-corrected chi connectivity index (χ0v) is 10.2. The van der Waals surface area contributed by atoms with Gasteiger partial charge in [-0.2, -0.15) is 13.2 Å². The van der Waals surface area contributed by atoms with Crippen LogP contribution in [0.2, 0.25) is 0 Å². The van der Waals surface area contributed by atoms with Gasteiger partial charge in [0.05, 0.1) is 5.56 Å². The number of carbonyl (C=O) groups excluding carboxylic acids is 1. The lowest BCUT2D eigenvalue weighted by atomic mass is 10.0. The monoisotopic (exact) mass is 256 g/mol. The molecule has 1 nitrogen and oxygen atoms in total. The Bertz CT molecular complexity index is 429. The van der Waals surface area contributed by atoms with Gasteiger partial charge in [0.25, 0.3) is 0 Å². The second-order valence-electron chi connectivity index (χ2n) is 4.37. The van der Waals surface area contributed by atoms with Crippen molar-refractivity contribution < 1.29 is 18.0 Å². The Morgan fingerprint density at radius 1 is 1.17 bits per heavy atom. The smallest absolute Gasteiger partial charge is 0.299 e. The molecule has 0 bridgehead atoms. The summed E-state index contributed by atoms with van der Waals surface area (Å²) in [4.78, 5) is 11.5. The average Bonchev–Trinajstić information content (AvgIpc) is 2.26. The van der Waals surface area contributed by atoms with Crippen molar-refractivity contribution in [1.82, 2.24) is 0 Å². The Kier molecular flexibility index (Phi) is 4.70. The molecule has 98 valence electrons. The molecule has 0 N–H and O–H groups in total. The van der Waals surface area contributed by atoms with Gasteiger partial charge >= 0.3 is 6.18 Å². The lowest BCUT2D eigenvalue weighted by molar-refractivity contribution is -0.137. The highest BCUT2D eigenvalue weighted by atomic mass is 19.4. The van der Waals surface area contributed by atoms with Crippen LogP contribution in [0.15, 0.2) is 36.4 Å². The van der Waals surface area contributed by atoms with Crippen molar-refractivity contribution in [1.29, 1.82) is 0 Å². The van der Waals surface area contributed by atoms with E-state index in [4.69, 9.17) is 0 Å². The molecule has 0 aliphatic heterocycles. The summed E-state index contributed by atoms with van der Waals surface area (Å²) in [6.45, 7) is 5.53. The van der Waals surface area contributed by atoms with Crippen molar-refractivity contribution in [3.05, 3.63) is 47.5 Å². The standard InChI is InChI=1S/C14H15F3O/c1-10(2)3-8-13(18)9-11-4-6-12(7-5-11)14(15,16)17/h4-7H,1,3,8-9H2,2H3. The van der Waals surface area contributed by atoms with Gasteiger partial charge in [0, 0.05) is 12.8 Å². The third kappa shape index (κ3) is 4.73. The van der Waals surface area contributed by atoms with E-state index >= 15 is 0 Å². The van der Waals surface area contributed by atoms with Gasteiger partial charge in [0.2, 0.25) is 0 Å².